The second-order valence-corrected chi connectivity index (χ2v) is 5.97. The third-order valence-corrected chi connectivity index (χ3v) is 4.92. The molecule has 5 heteroatoms. The molecule has 4 aromatic rings. The minimum absolute atomic E-state index is 0.327. The van der Waals surface area contributed by atoms with Crippen LogP contribution in [0.1, 0.15) is 0 Å². The molecular weight excluding hydrogens is 300 g/mol. The van der Waals surface area contributed by atoms with E-state index in [0.717, 1.165) is 25.9 Å². The Morgan fingerprint density at radius 1 is 0.955 bits per heavy atom. The van der Waals surface area contributed by atoms with Gasteiger partial charge in [-0.25, -0.2) is 4.79 Å². The zero-order valence-corrected chi connectivity index (χ0v) is 12.8. The van der Waals surface area contributed by atoms with Crippen LogP contribution in [0.5, 0.6) is 11.5 Å². The van der Waals surface area contributed by atoms with Crippen molar-refractivity contribution in [3.63, 3.8) is 0 Å². The van der Waals surface area contributed by atoms with Crippen LogP contribution in [-0.2, 0) is 0 Å². The standard InChI is InChI=1S/C17H12O4S/c1-19-9-3-5-11-13(7-9)21-17(18)15-12-6-4-10(20-2)8-14(12)22-16(11)15/h3-8H,1-2H3. The van der Waals surface area contributed by atoms with Crippen molar-refractivity contribution in [2.75, 3.05) is 14.2 Å². The van der Waals surface area contributed by atoms with Crippen molar-refractivity contribution < 1.29 is 13.9 Å². The van der Waals surface area contributed by atoms with E-state index in [1.165, 1.54) is 0 Å². The van der Waals surface area contributed by atoms with E-state index in [-0.39, 0.29) is 5.63 Å². The molecule has 0 fully saturated rings. The molecule has 0 radical (unpaired) electrons. The van der Waals surface area contributed by atoms with Gasteiger partial charge in [-0.05, 0) is 30.3 Å². The molecular formula is C17H12O4S. The van der Waals surface area contributed by atoms with E-state index in [0.29, 0.717) is 16.7 Å². The van der Waals surface area contributed by atoms with E-state index in [1.807, 2.05) is 30.3 Å². The molecule has 0 aliphatic rings. The fourth-order valence-corrected chi connectivity index (χ4v) is 3.90. The Balaban J connectivity index is 2.18. The van der Waals surface area contributed by atoms with Gasteiger partial charge in [-0.3, -0.25) is 0 Å². The first-order valence-corrected chi connectivity index (χ1v) is 7.54. The molecule has 110 valence electrons. The second kappa shape index (κ2) is 4.74. The Hall–Kier alpha value is -2.53. The molecule has 0 aliphatic carbocycles. The normalized spacial score (nSPS) is 11.4. The molecule has 0 atom stereocenters. The predicted octanol–water partition coefficient (Wildman–Crippen LogP) is 4.18. The van der Waals surface area contributed by atoms with Gasteiger partial charge in [-0.2, -0.15) is 0 Å². The van der Waals surface area contributed by atoms with Crippen LogP contribution in [0.15, 0.2) is 45.6 Å². The Morgan fingerprint density at radius 2 is 1.64 bits per heavy atom. The monoisotopic (exact) mass is 312 g/mol. The lowest BCUT2D eigenvalue weighted by Gasteiger charge is -2.02. The Morgan fingerprint density at radius 3 is 2.36 bits per heavy atom. The highest BCUT2D eigenvalue weighted by Crippen LogP contribution is 2.38. The van der Waals surface area contributed by atoms with Gasteiger partial charge >= 0.3 is 5.63 Å². The molecule has 22 heavy (non-hydrogen) atoms. The molecule has 2 heterocycles. The molecule has 0 saturated heterocycles. The topological polar surface area (TPSA) is 48.7 Å². The lowest BCUT2D eigenvalue weighted by Crippen LogP contribution is -1.98. The SMILES string of the molecule is COc1ccc2c(c1)oc(=O)c1c3ccc(OC)cc3sc21. The fraction of sp³-hybridized carbons (Fsp3) is 0.118. The Kier molecular flexibility index (Phi) is 2.84. The lowest BCUT2D eigenvalue weighted by molar-refractivity contribution is 0.414. The summed E-state index contributed by atoms with van der Waals surface area (Å²) in [5.74, 6) is 1.44. The summed E-state index contributed by atoms with van der Waals surface area (Å²) >= 11 is 1.57. The summed E-state index contributed by atoms with van der Waals surface area (Å²) in [7, 11) is 3.22. The quantitative estimate of drug-likeness (QED) is 0.521. The number of thiophene rings is 1. The summed E-state index contributed by atoms with van der Waals surface area (Å²) in [5, 5.41) is 2.43. The van der Waals surface area contributed by atoms with Crippen LogP contribution in [0.2, 0.25) is 0 Å². The number of hydrogen-bond donors (Lipinski definition) is 0. The number of hydrogen-bond acceptors (Lipinski definition) is 5. The number of ether oxygens (including phenoxy) is 2. The zero-order valence-electron chi connectivity index (χ0n) is 12.0. The maximum absolute atomic E-state index is 12.4. The predicted molar refractivity (Wildman–Crippen MR) is 88.5 cm³/mol. The van der Waals surface area contributed by atoms with Crippen molar-refractivity contribution in [2.45, 2.75) is 0 Å². The number of benzene rings is 2. The largest absolute Gasteiger partial charge is 0.497 e. The van der Waals surface area contributed by atoms with Gasteiger partial charge in [0.15, 0.2) is 0 Å². The van der Waals surface area contributed by atoms with Crippen LogP contribution >= 0.6 is 11.3 Å². The van der Waals surface area contributed by atoms with Crippen LogP contribution in [0.3, 0.4) is 0 Å². The van der Waals surface area contributed by atoms with E-state index in [1.54, 1.807) is 31.6 Å². The fourth-order valence-electron chi connectivity index (χ4n) is 2.65. The van der Waals surface area contributed by atoms with Gasteiger partial charge in [0.25, 0.3) is 0 Å². The van der Waals surface area contributed by atoms with Crippen molar-refractivity contribution >= 4 is 42.5 Å². The first kappa shape index (κ1) is 13.2. The summed E-state index contributed by atoms with van der Waals surface area (Å²) in [4.78, 5) is 12.4. The van der Waals surface area contributed by atoms with Gasteiger partial charge < -0.3 is 13.9 Å². The third-order valence-electron chi connectivity index (χ3n) is 3.74. The molecule has 0 unspecified atom stereocenters. The first-order valence-electron chi connectivity index (χ1n) is 6.72. The Labute approximate surface area is 129 Å². The molecule has 0 amide bonds. The molecule has 0 saturated carbocycles. The highest BCUT2D eigenvalue weighted by molar-refractivity contribution is 7.26. The Bertz CT molecular complexity index is 1070. The summed E-state index contributed by atoms with van der Waals surface area (Å²) in [5.41, 5.74) is 0.211. The highest BCUT2D eigenvalue weighted by Gasteiger charge is 2.15. The summed E-state index contributed by atoms with van der Waals surface area (Å²) in [6.07, 6.45) is 0. The van der Waals surface area contributed by atoms with Gasteiger partial charge in [0.2, 0.25) is 0 Å². The third kappa shape index (κ3) is 1.79. The summed E-state index contributed by atoms with van der Waals surface area (Å²) in [6, 6.07) is 11.2. The van der Waals surface area contributed by atoms with Crippen molar-refractivity contribution in [1.82, 2.24) is 0 Å². The van der Waals surface area contributed by atoms with Crippen LogP contribution in [0.4, 0.5) is 0 Å². The van der Waals surface area contributed by atoms with Crippen LogP contribution < -0.4 is 15.1 Å². The molecule has 2 aromatic carbocycles. The molecule has 2 aromatic heterocycles. The zero-order chi connectivity index (χ0) is 15.3. The van der Waals surface area contributed by atoms with E-state index in [4.69, 9.17) is 13.9 Å². The van der Waals surface area contributed by atoms with Gasteiger partial charge in [0, 0.05) is 21.5 Å². The van der Waals surface area contributed by atoms with Crippen molar-refractivity contribution in [3.8, 4) is 11.5 Å². The van der Waals surface area contributed by atoms with E-state index >= 15 is 0 Å². The van der Waals surface area contributed by atoms with E-state index < -0.39 is 0 Å². The second-order valence-electron chi connectivity index (χ2n) is 4.92. The van der Waals surface area contributed by atoms with Crippen molar-refractivity contribution in [2.24, 2.45) is 0 Å². The highest BCUT2D eigenvalue weighted by atomic mass is 32.1. The van der Waals surface area contributed by atoms with Gasteiger partial charge in [0.1, 0.15) is 17.1 Å². The van der Waals surface area contributed by atoms with E-state index in [2.05, 4.69) is 0 Å². The maximum Gasteiger partial charge on any atom is 0.345 e. The van der Waals surface area contributed by atoms with Gasteiger partial charge in [-0.1, -0.05) is 0 Å². The van der Waals surface area contributed by atoms with Gasteiger partial charge in [0.05, 0.1) is 24.3 Å². The first-order chi connectivity index (χ1) is 10.7. The van der Waals surface area contributed by atoms with Crippen molar-refractivity contribution in [1.29, 1.82) is 0 Å². The average molecular weight is 312 g/mol. The minimum Gasteiger partial charge on any atom is -0.497 e. The summed E-state index contributed by atoms with van der Waals surface area (Å²) in [6.45, 7) is 0. The molecule has 4 nitrogen and oxygen atoms in total. The van der Waals surface area contributed by atoms with E-state index in [9.17, 15) is 4.79 Å². The lowest BCUT2D eigenvalue weighted by atomic mass is 10.1. The molecule has 0 N–H and O–H groups in total. The van der Waals surface area contributed by atoms with Crippen molar-refractivity contribution in [3.05, 3.63) is 46.8 Å². The molecule has 0 bridgehead atoms. The smallest absolute Gasteiger partial charge is 0.345 e. The number of methoxy groups -OCH3 is 2. The van der Waals surface area contributed by atoms with Crippen LogP contribution in [0, 0.1) is 0 Å². The van der Waals surface area contributed by atoms with Crippen LogP contribution in [0.25, 0.3) is 31.1 Å². The number of fused-ring (bicyclic) bond motifs is 5. The molecule has 4 rings (SSSR count). The summed E-state index contributed by atoms with van der Waals surface area (Å²) < 4.78 is 17.9. The van der Waals surface area contributed by atoms with Gasteiger partial charge in [-0.15, -0.1) is 11.3 Å². The van der Waals surface area contributed by atoms with Crippen LogP contribution in [-0.4, -0.2) is 14.2 Å². The number of rotatable bonds is 2. The minimum atomic E-state index is -0.327. The maximum atomic E-state index is 12.4. The molecule has 0 spiro atoms. The molecule has 0 aliphatic heterocycles. The average Bonchev–Trinajstić information content (AvgIpc) is 2.93.